The zero-order valence-corrected chi connectivity index (χ0v) is 56.3. The Morgan fingerprint density at radius 2 is 0.391 bits per heavy atom. The van der Waals surface area contributed by atoms with Gasteiger partial charge in [-0.15, -0.1) is 0 Å². The van der Waals surface area contributed by atoms with E-state index in [0.29, 0.717) is 0 Å². The Hall–Kier alpha value is -8.69. The number of aromatic amines is 2. The molecule has 8 bridgehead atoms. The van der Waals surface area contributed by atoms with Gasteiger partial charge in [-0.2, -0.15) is 0 Å². The smallest absolute Gasteiger partial charge is 0.643 e. The number of aromatic nitrogens is 4. The molecule has 15 rings (SSSR count). The van der Waals surface area contributed by atoms with Crippen molar-refractivity contribution in [3.8, 4) is 44.5 Å². The molecule has 0 atom stereocenters. The van der Waals surface area contributed by atoms with Crippen LogP contribution in [-0.4, -0.2) is 31.3 Å². The predicted octanol–water partition coefficient (Wildman–Crippen LogP) is 17.3. The molecule has 5 nitrogen and oxygen atoms in total. The Balaban J connectivity index is 0.000000173. The van der Waals surface area contributed by atoms with Crippen molar-refractivity contribution in [2.24, 2.45) is 0 Å². The average molecular weight is 1330 g/mol. The van der Waals surface area contributed by atoms with Gasteiger partial charge in [0.05, 0.1) is 22.8 Å². The Kier molecular flexibility index (Phi) is 23.8. The summed E-state index contributed by atoms with van der Waals surface area (Å²) in [4.78, 5) is 18.3. The summed E-state index contributed by atoms with van der Waals surface area (Å²) in [5.41, 5.74) is 16.2. The van der Waals surface area contributed by atoms with Crippen molar-refractivity contribution < 1.29 is 12.4 Å². The van der Waals surface area contributed by atoms with Crippen molar-refractivity contribution >= 4 is 136 Å². The zero-order valence-electron chi connectivity index (χ0n) is 50.4. The number of H-pyrrole nitrogens is 2. The monoisotopic (exact) mass is 1320 g/mol. The summed E-state index contributed by atoms with van der Waals surface area (Å²) in [5, 5.41) is 8.39. The van der Waals surface area contributed by atoms with E-state index < -0.39 is 27.2 Å². The Morgan fingerprint density at radius 3 is 0.554 bits per heavy atom. The summed E-state index contributed by atoms with van der Waals surface area (Å²) in [6.45, 7) is 0. The van der Waals surface area contributed by atoms with Gasteiger partial charge >= 0.3 is 11.4 Å². The van der Waals surface area contributed by atoms with Crippen LogP contribution in [0, 0.1) is 0 Å². The third-order valence-corrected chi connectivity index (χ3v) is 20.0. The second kappa shape index (κ2) is 33.1. The molecule has 12 heteroatoms. The Morgan fingerprint density at radius 1 is 0.239 bits per heavy atom. The van der Waals surface area contributed by atoms with Crippen LogP contribution in [-0.2, 0) is 0 Å². The number of nitrogens with zero attached hydrogens (tertiary/aromatic N) is 2. The van der Waals surface area contributed by atoms with Gasteiger partial charge in [0, 0.05) is 44.3 Å². The summed E-state index contributed by atoms with van der Waals surface area (Å²) in [6, 6.07) is 115. The van der Waals surface area contributed by atoms with Crippen molar-refractivity contribution in [1.29, 1.82) is 0 Å². The molecule has 92 heavy (non-hydrogen) atoms. The molecule has 13 aromatic rings. The van der Waals surface area contributed by atoms with Crippen LogP contribution in [0.5, 0.6) is 0 Å². The fourth-order valence-electron chi connectivity index (χ4n) is 11.2. The molecule has 0 fully saturated rings. The second-order valence-electron chi connectivity index (χ2n) is 20.9. The van der Waals surface area contributed by atoms with E-state index in [2.05, 4.69) is 338 Å². The molecule has 0 aliphatic carbocycles. The number of benzene rings is 10. The van der Waals surface area contributed by atoms with Crippen molar-refractivity contribution in [1.82, 2.24) is 26.1 Å². The largest absolute Gasteiger partial charge is 1.00 e. The van der Waals surface area contributed by atoms with Crippen molar-refractivity contribution in [3.05, 3.63) is 350 Å². The number of halogens is 4. The summed E-state index contributed by atoms with van der Waals surface area (Å²) < 4.78 is 0. The molecule has 5 heterocycles. The second-order valence-corrected chi connectivity index (χ2v) is 31.8. The van der Waals surface area contributed by atoms with Gasteiger partial charge in [0.15, 0.2) is 0 Å². The first-order valence-corrected chi connectivity index (χ1v) is 37.6. The van der Waals surface area contributed by atoms with Crippen LogP contribution in [0.1, 0.15) is 22.8 Å². The van der Waals surface area contributed by atoms with Crippen LogP contribution in [0.3, 0.4) is 0 Å². The molecule has 3 aromatic heterocycles. The van der Waals surface area contributed by atoms with E-state index >= 15 is 0 Å². The molecule has 0 radical (unpaired) electrons. The first-order valence-electron chi connectivity index (χ1n) is 29.6. The molecule has 10 aromatic carbocycles. The van der Waals surface area contributed by atoms with Crippen LogP contribution in [0.4, 0.5) is 0 Å². The van der Waals surface area contributed by atoms with E-state index in [9.17, 15) is 0 Å². The molecule has 0 amide bonds. The lowest BCUT2D eigenvalue weighted by Crippen LogP contribution is -3.00. The molecule has 0 saturated carbocycles. The maximum atomic E-state index is 5.35. The lowest BCUT2D eigenvalue weighted by molar-refractivity contribution is -0.0000172. The number of fused-ring (bicyclic) bond motifs is 8. The fraction of sp³-hybridized carbons (Fsp3) is 0. The summed E-state index contributed by atoms with van der Waals surface area (Å²) in [6.07, 6.45) is 8.54. The van der Waals surface area contributed by atoms with E-state index in [1.165, 1.54) is 31.8 Å². The third kappa shape index (κ3) is 16.3. The minimum Gasteiger partial charge on any atom is -1.00 e. The van der Waals surface area contributed by atoms with Crippen LogP contribution in [0.2, 0.25) is 0 Å². The SMILES string of the molecule is C1=Cc2nc1c(-c1ccccc1)c1ccc([nH]1)c(-c1ccccc1)c1nc(c(-c3ccccc3)c3ccc([nH]3)c2-c2ccccc2)C=C1.[Cl-].[Cl][Al]([Cl])[Cl].[NH4+].c1ccc(P(c2ccccc2)c2ccccc2)cc1.c1ccc(P(c2ccccc2)c2ccccc2)cc1. The Labute approximate surface area is 564 Å². The zero-order chi connectivity index (χ0) is 61.3. The predicted molar refractivity (Wildman–Crippen MR) is 400 cm³/mol. The minimum atomic E-state index is -1.72. The topological polar surface area (TPSA) is 93.9 Å². The highest BCUT2D eigenvalue weighted by molar-refractivity contribution is 7.80. The molecular weight excluding hydrogens is 1260 g/mol. The van der Waals surface area contributed by atoms with Gasteiger partial charge in [0.2, 0.25) is 0 Å². The molecule has 2 aliphatic rings. The standard InChI is InChI=1S/C44H30N4.2C18H15P.Al.4ClH.H3N/c1-5-13-29(14-6-1)41-33-21-23-35(45-33)42(30-15-7-2-8-16-30)37-25-27-39(47-37)44(32-19-11-4-12-20-32)40-28-26-38(48-40)43(31-17-9-3-10-18-31)36-24-22-34(41)46-36;2*1-4-10-16(11-5-1)19(17-12-6-2-7-13-17)18-14-8-3-9-15-18;;;;;;/h1-28,45,48H;2*1-15H;;4*1H;1H3/q;;;+3;;;;;/p-3. The summed E-state index contributed by atoms with van der Waals surface area (Å²) >= 11 is -1.72. The number of hydrogen-bond donors (Lipinski definition) is 3. The molecular formula is C80H64AlCl4N5P2. The normalized spacial score (nSPS) is 10.9. The highest BCUT2D eigenvalue weighted by Crippen LogP contribution is 2.39. The first kappa shape index (κ1) is 66.2. The third-order valence-electron chi connectivity index (χ3n) is 15.1. The van der Waals surface area contributed by atoms with Crippen molar-refractivity contribution in [3.63, 3.8) is 0 Å². The van der Waals surface area contributed by atoms with Crippen molar-refractivity contribution in [2.45, 2.75) is 0 Å². The molecule has 450 valence electrons. The highest BCUT2D eigenvalue weighted by atomic mass is 35.8. The molecule has 2 aliphatic heterocycles. The van der Waals surface area contributed by atoms with Gasteiger partial charge in [-0.1, -0.05) is 303 Å². The van der Waals surface area contributed by atoms with E-state index in [-0.39, 0.29) is 18.6 Å². The van der Waals surface area contributed by atoms with Gasteiger partial charge in [-0.3, -0.25) is 0 Å². The van der Waals surface area contributed by atoms with Crippen LogP contribution in [0.25, 0.3) is 90.9 Å². The quantitative estimate of drug-likeness (QED) is 0.0940. The van der Waals surface area contributed by atoms with Crippen LogP contribution in [0.15, 0.2) is 328 Å². The number of rotatable bonds is 10. The lowest BCUT2D eigenvalue weighted by atomic mass is 10.0. The fourth-order valence-corrected chi connectivity index (χ4v) is 15.8. The van der Waals surface area contributed by atoms with Gasteiger partial charge < -0.3 is 28.5 Å². The maximum absolute atomic E-state index is 5.35. The minimum absolute atomic E-state index is 0. The van der Waals surface area contributed by atoms with Crippen LogP contribution < -0.4 is 50.4 Å². The van der Waals surface area contributed by atoms with Crippen LogP contribution >= 0.6 is 46.0 Å². The van der Waals surface area contributed by atoms with Gasteiger partial charge in [-0.05, 0) is 118 Å². The maximum Gasteiger partial charge on any atom is 0.643 e. The number of quaternary nitrogens is 1. The van der Waals surface area contributed by atoms with E-state index in [1.807, 2.05) is 24.3 Å². The van der Waals surface area contributed by atoms with Gasteiger partial charge in [-0.25, -0.2) is 40.1 Å². The molecule has 0 saturated heterocycles. The van der Waals surface area contributed by atoms with Gasteiger partial charge in [0.1, 0.15) is 0 Å². The first-order chi connectivity index (χ1) is 44.4. The summed E-state index contributed by atoms with van der Waals surface area (Å²) in [7, 11) is 13.9. The lowest BCUT2D eigenvalue weighted by Gasteiger charge is -2.18. The van der Waals surface area contributed by atoms with E-state index in [1.54, 1.807) is 0 Å². The van der Waals surface area contributed by atoms with E-state index in [0.717, 1.165) is 89.4 Å². The summed E-state index contributed by atoms with van der Waals surface area (Å²) in [5.74, 6) is 0. The van der Waals surface area contributed by atoms with E-state index in [4.69, 9.17) is 40.1 Å². The molecule has 6 N–H and O–H groups in total. The number of nitrogens with one attached hydrogen (secondary N) is 2. The number of hydrogen-bond acceptors (Lipinski definition) is 2. The molecule has 0 spiro atoms. The van der Waals surface area contributed by atoms with Crippen molar-refractivity contribution in [2.75, 3.05) is 0 Å². The average Bonchev–Trinajstić information content (AvgIpc) is 1.73. The Bertz CT molecular complexity index is 4010. The highest BCUT2D eigenvalue weighted by Gasteiger charge is 2.20. The molecule has 0 unspecified atom stereocenters. The van der Waals surface area contributed by atoms with Gasteiger partial charge in [0.25, 0.3) is 0 Å².